The fourth-order valence-electron chi connectivity index (χ4n) is 1.34. The molecule has 2 rings (SSSR count). The zero-order valence-corrected chi connectivity index (χ0v) is 8.53. The highest BCUT2D eigenvalue weighted by Gasteiger charge is 2.21. The summed E-state index contributed by atoms with van der Waals surface area (Å²) in [4.78, 5) is 8.56. The van der Waals surface area contributed by atoms with Gasteiger partial charge in [-0.2, -0.15) is 0 Å². The van der Waals surface area contributed by atoms with Crippen molar-refractivity contribution in [2.75, 3.05) is 13.1 Å². The van der Waals surface area contributed by atoms with E-state index in [9.17, 15) is 0 Å². The first kappa shape index (κ1) is 9.40. The Morgan fingerprint density at radius 3 is 2.43 bits per heavy atom. The van der Waals surface area contributed by atoms with Crippen molar-refractivity contribution in [2.24, 2.45) is 0 Å². The van der Waals surface area contributed by atoms with Crippen molar-refractivity contribution in [1.82, 2.24) is 15.3 Å². The van der Waals surface area contributed by atoms with Gasteiger partial charge in [0, 0.05) is 19.0 Å². The molecule has 1 aliphatic heterocycles. The first-order valence-electron chi connectivity index (χ1n) is 4.95. The monoisotopic (exact) mass is 193 g/mol. The third-order valence-corrected chi connectivity index (χ3v) is 2.17. The lowest BCUT2D eigenvalue weighted by atomic mass is 10.0. The van der Waals surface area contributed by atoms with Crippen LogP contribution in [0.2, 0.25) is 0 Å². The number of hydrogen-bond donors (Lipinski definition) is 1. The van der Waals surface area contributed by atoms with Crippen LogP contribution in [-0.4, -0.2) is 29.2 Å². The van der Waals surface area contributed by atoms with Crippen molar-refractivity contribution in [1.29, 1.82) is 0 Å². The van der Waals surface area contributed by atoms with Gasteiger partial charge in [0.25, 0.3) is 0 Å². The smallest absolute Gasteiger partial charge is 0.156 e. The maximum atomic E-state index is 5.46. The Balaban J connectivity index is 2.02. The van der Waals surface area contributed by atoms with E-state index in [1.165, 1.54) is 0 Å². The molecule has 0 bridgehead atoms. The van der Waals surface area contributed by atoms with Gasteiger partial charge in [0.05, 0.1) is 18.5 Å². The molecule has 0 amide bonds. The van der Waals surface area contributed by atoms with Gasteiger partial charge in [-0.3, -0.25) is 0 Å². The first-order chi connectivity index (χ1) is 6.75. The van der Waals surface area contributed by atoms with Crippen LogP contribution in [0.4, 0.5) is 0 Å². The van der Waals surface area contributed by atoms with Gasteiger partial charge < -0.3 is 10.1 Å². The minimum Gasteiger partial charge on any atom is -0.488 e. The van der Waals surface area contributed by atoms with Crippen LogP contribution in [0.5, 0.6) is 5.75 Å². The summed E-state index contributed by atoms with van der Waals surface area (Å²) in [7, 11) is 0. The minimum atomic E-state index is 0.176. The molecule has 0 aromatic carbocycles. The quantitative estimate of drug-likeness (QED) is 0.776. The van der Waals surface area contributed by atoms with Crippen molar-refractivity contribution >= 4 is 0 Å². The second-order valence-corrected chi connectivity index (χ2v) is 3.80. The van der Waals surface area contributed by atoms with Crippen molar-refractivity contribution < 1.29 is 4.74 Å². The summed E-state index contributed by atoms with van der Waals surface area (Å²) in [6.45, 7) is 5.96. The maximum Gasteiger partial charge on any atom is 0.156 e. The van der Waals surface area contributed by atoms with E-state index in [0.29, 0.717) is 5.92 Å². The molecule has 0 unspecified atom stereocenters. The molecule has 4 nitrogen and oxygen atoms in total. The second kappa shape index (κ2) is 3.92. The number of rotatable bonds is 3. The van der Waals surface area contributed by atoms with Crippen molar-refractivity contribution in [3.8, 4) is 5.75 Å². The molecule has 1 aromatic heterocycles. The van der Waals surface area contributed by atoms with Gasteiger partial charge in [-0.05, 0) is 13.8 Å². The van der Waals surface area contributed by atoms with Gasteiger partial charge in [-0.1, -0.05) is 0 Å². The molecular weight excluding hydrogens is 178 g/mol. The van der Waals surface area contributed by atoms with Crippen LogP contribution < -0.4 is 10.1 Å². The molecule has 0 radical (unpaired) electrons. The van der Waals surface area contributed by atoms with Crippen LogP contribution >= 0.6 is 0 Å². The average molecular weight is 193 g/mol. The highest BCUT2D eigenvalue weighted by Crippen LogP contribution is 2.17. The summed E-state index contributed by atoms with van der Waals surface area (Å²) in [5, 5.41) is 3.20. The van der Waals surface area contributed by atoms with E-state index in [-0.39, 0.29) is 6.10 Å². The van der Waals surface area contributed by atoms with Crippen LogP contribution in [0, 0.1) is 0 Å². The lowest BCUT2D eigenvalue weighted by Crippen LogP contribution is -2.40. The van der Waals surface area contributed by atoms with Crippen LogP contribution in [-0.2, 0) is 0 Å². The van der Waals surface area contributed by atoms with Gasteiger partial charge in [-0.15, -0.1) is 0 Å². The lowest BCUT2D eigenvalue weighted by Gasteiger charge is -2.25. The molecule has 0 atom stereocenters. The largest absolute Gasteiger partial charge is 0.488 e. The Kier molecular flexibility index (Phi) is 2.63. The maximum absolute atomic E-state index is 5.46. The minimum absolute atomic E-state index is 0.176. The van der Waals surface area contributed by atoms with Crippen LogP contribution in [0.25, 0.3) is 0 Å². The molecule has 76 valence electrons. The average Bonchev–Trinajstić information content (AvgIpc) is 2.04. The summed E-state index contributed by atoms with van der Waals surface area (Å²) >= 11 is 0. The molecule has 1 aliphatic rings. The predicted molar refractivity (Wildman–Crippen MR) is 53.4 cm³/mol. The van der Waals surface area contributed by atoms with Gasteiger partial charge >= 0.3 is 0 Å². The summed E-state index contributed by atoms with van der Waals surface area (Å²) in [6, 6.07) is 0. The Labute approximate surface area is 83.7 Å². The number of nitrogens with zero attached hydrogens (tertiary/aromatic N) is 2. The van der Waals surface area contributed by atoms with Gasteiger partial charge in [0.15, 0.2) is 5.75 Å². The third kappa shape index (κ3) is 2.01. The van der Waals surface area contributed by atoms with E-state index < -0.39 is 0 Å². The molecule has 0 saturated carbocycles. The highest BCUT2D eigenvalue weighted by atomic mass is 16.5. The lowest BCUT2D eigenvalue weighted by molar-refractivity contribution is 0.240. The number of aromatic nitrogens is 2. The predicted octanol–water partition coefficient (Wildman–Crippen LogP) is 0.951. The number of ether oxygens (including phenoxy) is 1. The molecule has 0 spiro atoms. The van der Waals surface area contributed by atoms with E-state index in [2.05, 4.69) is 15.3 Å². The van der Waals surface area contributed by atoms with Crippen molar-refractivity contribution in [3.63, 3.8) is 0 Å². The number of hydrogen-bond acceptors (Lipinski definition) is 4. The third-order valence-electron chi connectivity index (χ3n) is 2.17. The zero-order valence-electron chi connectivity index (χ0n) is 8.53. The molecule has 1 aromatic rings. The molecule has 4 heteroatoms. The molecule has 14 heavy (non-hydrogen) atoms. The second-order valence-electron chi connectivity index (χ2n) is 3.80. The number of nitrogens with one attached hydrogen (secondary N) is 1. The SMILES string of the molecule is CC(C)Oc1cnc(C2CNC2)nc1. The first-order valence-corrected chi connectivity index (χ1v) is 4.95. The van der Waals surface area contributed by atoms with Crippen LogP contribution in [0.3, 0.4) is 0 Å². The van der Waals surface area contributed by atoms with Crippen LogP contribution in [0.1, 0.15) is 25.6 Å². The van der Waals surface area contributed by atoms with Crippen LogP contribution in [0.15, 0.2) is 12.4 Å². The van der Waals surface area contributed by atoms with E-state index >= 15 is 0 Å². The molecule has 1 saturated heterocycles. The van der Waals surface area contributed by atoms with E-state index in [1.807, 2.05) is 13.8 Å². The Bertz CT molecular complexity index is 293. The molecule has 1 N–H and O–H groups in total. The fourth-order valence-corrected chi connectivity index (χ4v) is 1.34. The highest BCUT2D eigenvalue weighted by molar-refractivity contribution is 5.15. The molecular formula is C10H15N3O. The van der Waals surface area contributed by atoms with Gasteiger partial charge in [0.1, 0.15) is 5.82 Å². The van der Waals surface area contributed by atoms with Crippen molar-refractivity contribution in [2.45, 2.75) is 25.9 Å². The normalized spacial score (nSPS) is 16.8. The summed E-state index contributed by atoms with van der Waals surface area (Å²) < 4.78 is 5.46. The molecule has 1 fully saturated rings. The Hall–Kier alpha value is -1.16. The van der Waals surface area contributed by atoms with E-state index in [0.717, 1.165) is 24.7 Å². The van der Waals surface area contributed by atoms with Gasteiger partial charge in [-0.25, -0.2) is 9.97 Å². The van der Waals surface area contributed by atoms with Crippen molar-refractivity contribution in [3.05, 3.63) is 18.2 Å². The fraction of sp³-hybridized carbons (Fsp3) is 0.600. The zero-order chi connectivity index (χ0) is 9.97. The molecule has 0 aliphatic carbocycles. The van der Waals surface area contributed by atoms with E-state index in [1.54, 1.807) is 12.4 Å². The molecule has 2 heterocycles. The van der Waals surface area contributed by atoms with E-state index in [4.69, 9.17) is 4.74 Å². The summed E-state index contributed by atoms with van der Waals surface area (Å²) in [6.07, 6.45) is 3.68. The Morgan fingerprint density at radius 1 is 1.36 bits per heavy atom. The standard InChI is InChI=1S/C10H15N3O/c1-7(2)14-9-5-12-10(13-6-9)8-3-11-4-8/h5-8,11H,3-4H2,1-2H3. The topological polar surface area (TPSA) is 47.0 Å². The summed E-state index contributed by atoms with van der Waals surface area (Å²) in [5.74, 6) is 2.15. The Morgan fingerprint density at radius 2 is 2.00 bits per heavy atom. The van der Waals surface area contributed by atoms with Gasteiger partial charge in [0.2, 0.25) is 0 Å². The summed E-state index contributed by atoms with van der Waals surface area (Å²) in [5.41, 5.74) is 0.